The van der Waals surface area contributed by atoms with Crippen LogP contribution in [0.5, 0.6) is 0 Å². The number of aromatic amines is 1. The van der Waals surface area contributed by atoms with Gasteiger partial charge in [0.2, 0.25) is 0 Å². The summed E-state index contributed by atoms with van der Waals surface area (Å²) in [5, 5.41) is 7.02. The number of halogens is 1. The maximum Gasteiger partial charge on any atom is 0.264 e. The van der Waals surface area contributed by atoms with E-state index >= 15 is 0 Å². The van der Waals surface area contributed by atoms with Gasteiger partial charge in [0.05, 0.1) is 0 Å². The third-order valence-corrected chi connectivity index (χ3v) is 6.12. The fraction of sp³-hybridized carbons (Fsp3) is 0.357. The van der Waals surface area contributed by atoms with E-state index in [9.17, 15) is 8.42 Å². The smallest absolute Gasteiger partial charge is 0.264 e. The molecule has 7 heteroatoms. The minimum absolute atomic E-state index is 0.204. The van der Waals surface area contributed by atoms with E-state index in [1.807, 2.05) is 0 Å². The van der Waals surface area contributed by atoms with Gasteiger partial charge in [0.1, 0.15) is 4.90 Å². The predicted molar refractivity (Wildman–Crippen MR) is 84.7 cm³/mol. The van der Waals surface area contributed by atoms with Gasteiger partial charge in [0, 0.05) is 22.2 Å². The number of rotatable bonds is 4. The van der Waals surface area contributed by atoms with E-state index in [0.717, 1.165) is 18.5 Å². The van der Waals surface area contributed by atoms with Crippen LogP contribution < -0.4 is 4.72 Å². The van der Waals surface area contributed by atoms with Crippen LogP contribution in [0.2, 0.25) is 0 Å². The van der Waals surface area contributed by atoms with E-state index in [1.165, 1.54) is 12.8 Å². The van der Waals surface area contributed by atoms with Gasteiger partial charge in [-0.05, 0) is 40.9 Å². The molecule has 0 amide bonds. The zero-order valence-electron chi connectivity index (χ0n) is 11.3. The Hall–Kier alpha value is -1.34. The van der Waals surface area contributed by atoms with Gasteiger partial charge in [0.25, 0.3) is 10.0 Å². The largest absolute Gasteiger partial charge is 0.280 e. The molecule has 1 aromatic carbocycles. The first-order valence-electron chi connectivity index (χ1n) is 6.89. The summed E-state index contributed by atoms with van der Waals surface area (Å²) in [6.45, 7) is 0. The average molecular weight is 370 g/mol. The maximum atomic E-state index is 12.4. The Balaban J connectivity index is 1.81. The fourth-order valence-electron chi connectivity index (χ4n) is 2.69. The van der Waals surface area contributed by atoms with Gasteiger partial charge in [-0.3, -0.25) is 9.82 Å². The summed E-state index contributed by atoms with van der Waals surface area (Å²) in [7, 11) is -3.63. The van der Waals surface area contributed by atoms with Crippen molar-refractivity contribution in [3.63, 3.8) is 0 Å². The van der Waals surface area contributed by atoms with Crippen LogP contribution in [-0.4, -0.2) is 18.6 Å². The summed E-state index contributed by atoms with van der Waals surface area (Å²) < 4.78 is 27.8. The number of nitrogens with one attached hydrogen (secondary N) is 2. The molecule has 0 unspecified atom stereocenters. The number of sulfonamides is 1. The first kappa shape index (κ1) is 14.6. The normalized spacial score (nSPS) is 16.2. The molecule has 2 N–H and O–H groups in total. The van der Waals surface area contributed by atoms with Gasteiger partial charge in [-0.15, -0.1) is 0 Å². The second kappa shape index (κ2) is 5.81. The lowest BCUT2D eigenvalue weighted by Gasteiger charge is -2.07. The summed E-state index contributed by atoms with van der Waals surface area (Å²) in [6, 6.07) is 8.51. The number of hydrogen-bond donors (Lipinski definition) is 2. The molecule has 1 aliphatic rings. The molecular weight excluding hydrogens is 354 g/mol. The van der Waals surface area contributed by atoms with E-state index in [4.69, 9.17) is 0 Å². The zero-order valence-corrected chi connectivity index (χ0v) is 13.7. The van der Waals surface area contributed by atoms with Crippen LogP contribution >= 0.6 is 15.9 Å². The van der Waals surface area contributed by atoms with Crippen LogP contribution in [-0.2, 0) is 10.0 Å². The molecule has 1 saturated carbocycles. The fourth-order valence-corrected chi connectivity index (χ4v) is 4.69. The molecule has 1 aromatic heterocycles. The van der Waals surface area contributed by atoms with Gasteiger partial charge in [-0.25, -0.2) is 8.42 Å². The number of H-pyrrole nitrogens is 1. The lowest BCUT2D eigenvalue weighted by Crippen LogP contribution is -2.13. The Morgan fingerprint density at radius 2 is 1.95 bits per heavy atom. The lowest BCUT2D eigenvalue weighted by atomic mass is 10.1. The molecule has 0 bridgehead atoms. The van der Waals surface area contributed by atoms with Crippen LogP contribution in [0.15, 0.2) is 39.7 Å². The van der Waals surface area contributed by atoms with Crippen LogP contribution in [0.1, 0.15) is 37.3 Å². The number of benzene rings is 1. The maximum absolute atomic E-state index is 12.4. The van der Waals surface area contributed by atoms with Crippen molar-refractivity contribution in [1.82, 2.24) is 10.2 Å². The molecule has 3 rings (SSSR count). The van der Waals surface area contributed by atoms with E-state index < -0.39 is 10.0 Å². The summed E-state index contributed by atoms with van der Waals surface area (Å²) >= 11 is 3.26. The summed E-state index contributed by atoms with van der Waals surface area (Å²) in [6.07, 6.45) is 4.72. The Bertz CT molecular complexity index is 736. The Kier molecular flexibility index (Phi) is 4.03. The molecule has 1 aliphatic carbocycles. The highest BCUT2D eigenvalue weighted by atomic mass is 79.9. The van der Waals surface area contributed by atoms with Crippen molar-refractivity contribution >= 4 is 31.8 Å². The molecule has 1 fully saturated rings. The van der Waals surface area contributed by atoms with E-state index in [0.29, 0.717) is 16.2 Å². The second-order valence-corrected chi connectivity index (χ2v) is 7.73. The topological polar surface area (TPSA) is 74.8 Å². The third-order valence-electron chi connectivity index (χ3n) is 3.76. The van der Waals surface area contributed by atoms with Gasteiger partial charge in [0.15, 0.2) is 5.82 Å². The highest BCUT2D eigenvalue weighted by molar-refractivity contribution is 9.10. The minimum Gasteiger partial charge on any atom is -0.280 e. The summed E-state index contributed by atoms with van der Waals surface area (Å²) in [4.78, 5) is 0.204. The molecule has 5 nitrogen and oxygen atoms in total. The third kappa shape index (κ3) is 3.13. The zero-order chi connectivity index (χ0) is 14.9. The molecular formula is C14H16BrN3O2S. The average Bonchev–Trinajstić information content (AvgIpc) is 3.09. The number of aromatic nitrogens is 2. The highest BCUT2D eigenvalue weighted by Gasteiger charge is 2.22. The Morgan fingerprint density at radius 1 is 1.24 bits per heavy atom. The van der Waals surface area contributed by atoms with Gasteiger partial charge in [-0.2, -0.15) is 5.10 Å². The molecule has 0 atom stereocenters. The van der Waals surface area contributed by atoms with Crippen LogP contribution in [0.3, 0.4) is 0 Å². The van der Waals surface area contributed by atoms with E-state index in [1.54, 1.807) is 30.3 Å². The number of anilines is 1. The monoisotopic (exact) mass is 369 g/mol. The van der Waals surface area contributed by atoms with E-state index in [2.05, 4.69) is 30.8 Å². The van der Waals surface area contributed by atoms with E-state index in [-0.39, 0.29) is 4.90 Å². The SMILES string of the molecule is O=S(=O)(Nc1cc(C2CCCC2)[nH]n1)c1ccccc1Br. The van der Waals surface area contributed by atoms with Crippen molar-refractivity contribution in [2.45, 2.75) is 36.5 Å². The van der Waals surface area contributed by atoms with Crippen LogP contribution in [0.25, 0.3) is 0 Å². The van der Waals surface area contributed by atoms with Crippen LogP contribution in [0, 0.1) is 0 Å². The highest BCUT2D eigenvalue weighted by Crippen LogP contribution is 2.34. The van der Waals surface area contributed by atoms with Gasteiger partial charge < -0.3 is 0 Å². The van der Waals surface area contributed by atoms with Crippen molar-refractivity contribution in [3.8, 4) is 0 Å². The standard InChI is InChI=1S/C14H16BrN3O2S/c15-11-7-3-4-8-13(11)21(19,20)18-14-9-12(16-17-14)10-5-1-2-6-10/h3-4,7-10H,1-2,5-6H2,(H2,16,17,18). The predicted octanol–water partition coefficient (Wildman–Crippen LogP) is 3.63. The number of hydrogen-bond acceptors (Lipinski definition) is 3. The molecule has 0 radical (unpaired) electrons. The Labute approximate surface area is 132 Å². The molecule has 0 aliphatic heterocycles. The van der Waals surface area contributed by atoms with Crippen LogP contribution in [0.4, 0.5) is 5.82 Å². The van der Waals surface area contributed by atoms with Crippen molar-refractivity contribution in [2.24, 2.45) is 0 Å². The van der Waals surface area contributed by atoms with Gasteiger partial charge in [-0.1, -0.05) is 25.0 Å². The number of nitrogens with zero attached hydrogens (tertiary/aromatic N) is 1. The molecule has 0 spiro atoms. The quantitative estimate of drug-likeness (QED) is 0.863. The molecule has 21 heavy (non-hydrogen) atoms. The van der Waals surface area contributed by atoms with Crippen molar-refractivity contribution in [2.75, 3.05) is 4.72 Å². The van der Waals surface area contributed by atoms with Gasteiger partial charge >= 0.3 is 0 Å². The first-order valence-corrected chi connectivity index (χ1v) is 9.16. The Morgan fingerprint density at radius 3 is 2.67 bits per heavy atom. The summed E-state index contributed by atoms with van der Waals surface area (Å²) in [5.74, 6) is 0.812. The van der Waals surface area contributed by atoms with Crippen molar-refractivity contribution < 1.29 is 8.42 Å². The first-order chi connectivity index (χ1) is 10.1. The summed E-state index contributed by atoms with van der Waals surface area (Å²) in [5.41, 5.74) is 1.01. The molecule has 0 saturated heterocycles. The lowest BCUT2D eigenvalue weighted by molar-refractivity contribution is 0.600. The molecule has 112 valence electrons. The molecule has 1 heterocycles. The van der Waals surface area contributed by atoms with Crippen molar-refractivity contribution in [3.05, 3.63) is 40.5 Å². The van der Waals surface area contributed by atoms with Crippen molar-refractivity contribution in [1.29, 1.82) is 0 Å². The molecule has 2 aromatic rings. The second-order valence-electron chi connectivity index (χ2n) is 5.23. The minimum atomic E-state index is -3.63.